The molecule has 0 saturated carbocycles. The fourth-order valence-corrected chi connectivity index (χ4v) is 3.04. The van der Waals surface area contributed by atoms with Crippen LogP contribution in [0, 0.1) is 6.92 Å². The summed E-state index contributed by atoms with van der Waals surface area (Å²) in [6, 6.07) is 13.1. The van der Waals surface area contributed by atoms with Crippen LogP contribution in [0.15, 0.2) is 60.8 Å². The molecule has 1 unspecified atom stereocenters. The van der Waals surface area contributed by atoms with Crippen LogP contribution < -0.4 is 5.32 Å². The predicted molar refractivity (Wildman–Crippen MR) is 112 cm³/mol. The molecule has 3 aromatic rings. The molecule has 0 spiro atoms. The molecule has 0 bridgehead atoms. The van der Waals surface area contributed by atoms with Crippen molar-refractivity contribution in [2.45, 2.75) is 32.2 Å². The molecule has 0 amide bonds. The zero-order valence-electron chi connectivity index (χ0n) is 16.3. The Labute approximate surface area is 176 Å². The third-order valence-corrected chi connectivity index (χ3v) is 4.66. The van der Waals surface area contributed by atoms with Crippen molar-refractivity contribution < 1.29 is 27.4 Å². The molecule has 3 rings (SSSR count). The second kappa shape index (κ2) is 8.62. The SMILES string of the molecule is Cc1ncccc1C(=O)c1nc(NC(C)[C@@H](O)c2ccccc2)ccc1C(F)(F)F.[HH].[HH].[HH]. The van der Waals surface area contributed by atoms with Gasteiger partial charge in [-0.1, -0.05) is 30.3 Å². The molecule has 0 aliphatic heterocycles. The number of pyridine rings is 2. The van der Waals surface area contributed by atoms with Gasteiger partial charge in [0, 0.05) is 21.7 Å². The van der Waals surface area contributed by atoms with Crippen LogP contribution in [0.25, 0.3) is 0 Å². The highest BCUT2D eigenvalue weighted by Gasteiger charge is 2.37. The highest BCUT2D eigenvalue weighted by Crippen LogP contribution is 2.33. The summed E-state index contributed by atoms with van der Waals surface area (Å²) in [5.41, 5.74) is -0.845. The number of aliphatic hydroxyl groups excluding tert-OH is 1. The number of aryl methyl sites for hydroxylation is 1. The number of nitrogens with zero attached hydrogens (tertiary/aromatic N) is 2. The van der Waals surface area contributed by atoms with E-state index in [4.69, 9.17) is 0 Å². The molecule has 8 heteroatoms. The van der Waals surface area contributed by atoms with E-state index in [1.165, 1.54) is 18.3 Å². The summed E-state index contributed by atoms with van der Waals surface area (Å²) in [7, 11) is 0. The Hall–Kier alpha value is -3.26. The molecule has 162 valence electrons. The van der Waals surface area contributed by atoms with E-state index in [2.05, 4.69) is 15.3 Å². The smallest absolute Gasteiger partial charge is 0.386 e. The number of benzene rings is 1. The summed E-state index contributed by atoms with van der Waals surface area (Å²) < 4.78 is 40.5. The van der Waals surface area contributed by atoms with Crippen molar-refractivity contribution >= 4 is 11.6 Å². The first kappa shape index (κ1) is 21.4. The van der Waals surface area contributed by atoms with E-state index in [0.29, 0.717) is 11.3 Å². The first-order valence-electron chi connectivity index (χ1n) is 9.22. The molecule has 0 fully saturated rings. The van der Waals surface area contributed by atoms with Gasteiger partial charge in [-0.25, -0.2) is 4.98 Å². The number of carbonyl (C=O) groups is 1. The van der Waals surface area contributed by atoms with Gasteiger partial charge in [0.1, 0.15) is 11.5 Å². The fraction of sp³-hybridized carbons (Fsp3) is 0.227. The number of ketones is 1. The van der Waals surface area contributed by atoms with Crippen molar-refractivity contribution in [2.24, 2.45) is 0 Å². The van der Waals surface area contributed by atoms with Gasteiger partial charge < -0.3 is 10.4 Å². The van der Waals surface area contributed by atoms with Gasteiger partial charge in [-0.05, 0) is 43.7 Å². The lowest BCUT2D eigenvalue weighted by Crippen LogP contribution is -2.25. The number of aromatic nitrogens is 2. The highest BCUT2D eigenvalue weighted by atomic mass is 19.4. The van der Waals surface area contributed by atoms with E-state index in [-0.39, 0.29) is 15.7 Å². The van der Waals surface area contributed by atoms with Crippen LogP contribution in [-0.4, -0.2) is 26.9 Å². The second-order valence-electron chi connectivity index (χ2n) is 6.84. The Balaban J connectivity index is 0.00000341. The molecular weight excluding hydrogens is 395 g/mol. The monoisotopic (exact) mass is 421 g/mol. The molecule has 1 aromatic carbocycles. The van der Waals surface area contributed by atoms with Gasteiger partial charge in [-0.15, -0.1) is 0 Å². The van der Waals surface area contributed by atoms with Crippen molar-refractivity contribution in [3.63, 3.8) is 0 Å². The van der Waals surface area contributed by atoms with E-state index in [1.807, 2.05) is 6.07 Å². The number of hydrogen-bond acceptors (Lipinski definition) is 5. The van der Waals surface area contributed by atoms with Crippen LogP contribution in [0.1, 0.15) is 50.2 Å². The third-order valence-electron chi connectivity index (χ3n) is 4.66. The molecule has 2 heterocycles. The van der Waals surface area contributed by atoms with Crippen molar-refractivity contribution in [3.05, 3.63) is 88.9 Å². The zero-order chi connectivity index (χ0) is 21.9. The number of nitrogens with one attached hydrogen (secondary N) is 1. The topological polar surface area (TPSA) is 75.1 Å². The Bertz CT molecular complexity index is 1050. The first-order chi connectivity index (χ1) is 14.2. The summed E-state index contributed by atoms with van der Waals surface area (Å²) in [5.74, 6) is -0.816. The van der Waals surface area contributed by atoms with Crippen LogP contribution in [0.4, 0.5) is 19.0 Å². The number of hydrogen-bond donors (Lipinski definition) is 2. The molecule has 0 radical (unpaired) electrons. The van der Waals surface area contributed by atoms with Gasteiger partial charge in [0.2, 0.25) is 5.78 Å². The normalized spacial score (nSPS) is 13.5. The van der Waals surface area contributed by atoms with Gasteiger partial charge in [0.25, 0.3) is 0 Å². The van der Waals surface area contributed by atoms with Crippen molar-refractivity contribution in [3.8, 4) is 0 Å². The van der Waals surface area contributed by atoms with E-state index < -0.39 is 35.4 Å². The van der Waals surface area contributed by atoms with E-state index >= 15 is 0 Å². The minimum absolute atomic E-state index is 0. The van der Waals surface area contributed by atoms with Crippen LogP contribution in [-0.2, 0) is 6.18 Å². The summed E-state index contributed by atoms with van der Waals surface area (Å²) in [6.07, 6.45) is -4.22. The van der Waals surface area contributed by atoms with E-state index in [1.54, 1.807) is 38.1 Å². The average molecular weight is 421 g/mol. The number of aliphatic hydroxyl groups is 1. The van der Waals surface area contributed by atoms with E-state index in [9.17, 15) is 23.1 Å². The van der Waals surface area contributed by atoms with Crippen molar-refractivity contribution in [1.29, 1.82) is 0 Å². The molecule has 2 aromatic heterocycles. The number of rotatable bonds is 6. The maximum atomic E-state index is 13.5. The fourth-order valence-electron chi connectivity index (χ4n) is 3.04. The Kier molecular flexibility index (Phi) is 6.17. The van der Waals surface area contributed by atoms with Gasteiger partial charge in [-0.3, -0.25) is 9.78 Å². The molecule has 0 aliphatic rings. The third kappa shape index (κ3) is 4.65. The number of anilines is 1. The molecule has 2 N–H and O–H groups in total. The van der Waals surface area contributed by atoms with Gasteiger partial charge in [0.05, 0.1) is 17.7 Å². The average Bonchev–Trinajstić information content (AvgIpc) is 2.73. The summed E-state index contributed by atoms with van der Waals surface area (Å²) >= 11 is 0. The number of halogens is 3. The minimum atomic E-state index is -4.75. The maximum Gasteiger partial charge on any atom is 0.418 e. The maximum absolute atomic E-state index is 13.5. The molecule has 30 heavy (non-hydrogen) atoms. The first-order valence-corrected chi connectivity index (χ1v) is 9.22. The van der Waals surface area contributed by atoms with Crippen LogP contribution >= 0.6 is 0 Å². The second-order valence-corrected chi connectivity index (χ2v) is 6.84. The standard InChI is InChI=1S/C22H20F3N3O2.3H2/c1-13-16(9-6-12-26-13)21(30)19-17(22(23,24)25)10-11-18(28-19)27-14(2)20(29)15-7-4-3-5-8-15;;;/h3-12,14,20,29H,1-2H3,(H,27,28);3*1H/t14?,20-;;;/m1.../s1. The van der Waals surface area contributed by atoms with Gasteiger partial charge >= 0.3 is 6.18 Å². The lowest BCUT2D eigenvalue weighted by atomic mass is 10.0. The van der Waals surface area contributed by atoms with E-state index in [0.717, 1.165) is 12.1 Å². The minimum Gasteiger partial charge on any atom is -0.386 e. The molecule has 5 nitrogen and oxygen atoms in total. The van der Waals surface area contributed by atoms with Crippen LogP contribution in [0.2, 0.25) is 0 Å². The lowest BCUT2D eigenvalue weighted by molar-refractivity contribution is -0.138. The van der Waals surface area contributed by atoms with Crippen molar-refractivity contribution in [2.75, 3.05) is 5.32 Å². The Morgan fingerprint density at radius 1 is 1.10 bits per heavy atom. The highest BCUT2D eigenvalue weighted by molar-refractivity contribution is 6.09. The zero-order valence-corrected chi connectivity index (χ0v) is 16.3. The molecule has 0 aliphatic carbocycles. The predicted octanol–water partition coefficient (Wildman–Crippen LogP) is 5.31. The molecular formula is C22H26F3N3O2. The largest absolute Gasteiger partial charge is 0.418 e. The quantitative estimate of drug-likeness (QED) is 0.528. The Morgan fingerprint density at radius 3 is 2.43 bits per heavy atom. The Morgan fingerprint density at radius 2 is 1.80 bits per heavy atom. The summed E-state index contributed by atoms with van der Waals surface area (Å²) in [5, 5.41) is 13.4. The van der Waals surface area contributed by atoms with Crippen LogP contribution in [0.3, 0.4) is 0 Å². The summed E-state index contributed by atoms with van der Waals surface area (Å²) in [6.45, 7) is 3.21. The lowest BCUT2D eigenvalue weighted by Gasteiger charge is -2.22. The van der Waals surface area contributed by atoms with Crippen molar-refractivity contribution in [1.82, 2.24) is 9.97 Å². The van der Waals surface area contributed by atoms with Crippen LogP contribution in [0.5, 0.6) is 0 Å². The molecule has 2 atom stereocenters. The van der Waals surface area contributed by atoms with Gasteiger partial charge in [-0.2, -0.15) is 13.2 Å². The number of carbonyl (C=O) groups excluding carboxylic acids is 1. The number of alkyl halides is 3. The van der Waals surface area contributed by atoms with Gasteiger partial charge in [0.15, 0.2) is 0 Å². The molecule has 0 saturated heterocycles. The summed E-state index contributed by atoms with van der Waals surface area (Å²) in [4.78, 5) is 20.8.